The highest BCUT2D eigenvalue weighted by Gasteiger charge is 2.30. The zero-order chi connectivity index (χ0) is 16.6. The summed E-state index contributed by atoms with van der Waals surface area (Å²) in [4.78, 5) is 0. The normalized spacial score (nSPS) is 18.6. The van der Waals surface area contributed by atoms with Crippen LogP contribution in [-0.2, 0) is 4.74 Å². The second-order valence-electron chi connectivity index (χ2n) is 7.17. The Hall–Kier alpha value is -0.340. The van der Waals surface area contributed by atoms with Gasteiger partial charge < -0.3 is 9.84 Å². The van der Waals surface area contributed by atoms with Gasteiger partial charge in [-0.1, -0.05) is 83.3 Å². The molecule has 0 bridgehead atoms. The Bertz CT molecular complexity index is 271. The molecule has 0 aliphatic carbocycles. The van der Waals surface area contributed by atoms with Crippen LogP contribution in [0.4, 0.5) is 0 Å². The van der Waals surface area contributed by atoms with E-state index in [4.69, 9.17) is 4.74 Å². The summed E-state index contributed by atoms with van der Waals surface area (Å²) in [6.07, 6.45) is 24.4. The molecule has 0 saturated carbocycles. The van der Waals surface area contributed by atoms with Crippen molar-refractivity contribution < 1.29 is 9.84 Å². The largest absolute Gasteiger partial charge is 0.390 e. The van der Waals surface area contributed by atoms with Crippen LogP contribution in [0.25, 0.3) is 0 Å². The predicted molar refractivity (Wildman–Crippen MR) is 99.8 cm³/mol. The number of hydrogen-bond donors (Lipinski definition) is 1. The van der Waals surface area contributed by atoms with Crippen LogP contribution in [0, 0.1) is 0 Å². The van der Waals surface area contributed by atoms with E-state index >= 15 is 0 Å². The van der Waals surface area contributed by atoms with Crippen LogP contribution in [0.3, 0.4) is 0 Å². The van der Waals surface area contributed by atoms with Crippen molar-refractivity contribution in [2.24, 2.45) is 0 Å². The summed E-state index contributed by atoms with van der Waals surface area (Å²) in [5.41, 5.74) is 0. The standard InChI is InChI=1S/C21H40O2/c1-2-3-4-5-6-7-8-9-10-11-12-13-14-15-16-17-18-20(22)21-19-23-21/h9-10,20-22H,2-8,11-19H2,1H3/b10-9-. The first-order valence-electron chi connectivity index (χ1n) is 10.3. The van der Waals surface area contributed by atoms with Gasteiger partial charge in [0, 0.05) is 0 Å². The van der Waals surface area contributed by atoms with Gasteiger partial charge in [-0.25, -0.2) is 0 Å². The third-order valence-electron chi connectivity index (χ3n) is 4.80. The van der Waals surface area contributed by atoms with Crippen LogP contribution in [0.5, 0.6) is 0 Å². The van der Waals surface area contributed by atoms with Crippen molar-refractivity contribution in [3.63, 3.8) is 0 Å². The van der Waals surface area contributed by atoms with Gasteiger partial charge in [0.2, 0.25) is 0 Å². The number of aliphatic hydroxyl groups excluding tert-OH is 1. The topological polar surface area (TPSA) is 32.8 Å². The van der Waals surface area contributed by atoms with Gasteiger partial charge in [-0.15, -0.1) is 0 Å². The number of epoxide rings is 1. The van der Waals surface area contributed by atoms with E-state index < -0.39 is 0 Å². The minimum absolute atomic E-state index is 0.165. The summed E-state index contributed by atoms with van der Waals surface area (Å²) in [6.45, 7) is 3.05. The smallest absolute Gasteiger partial charge is 0.107 e. The van der Waals surface area contributed by atoms with Crippen LogP contribution in [-0.4, -0.2) is 23.9 Å². The van der Waals surface area contributed by atoms with Crippen molar-refractivity contribution in [3.05, 3.63) is 12.2 Å². The zero-order valence-corrected chi connectivity index (χ0v) is 15.5. The lowest BCUT2D eigenvalue weighted by Gasteiger charge is -2.06. The summed E-state index contributed by atoms with van der Waals surface area (Å²) in [7, 11) is 0. The van der Waals surface area contributed by atoms with Gasteiger partial charge in [-0.05, 0) is 32.1 Å². The van der Waals surface area contributed by atoms with Crippen LogP contribution in [0.1, 0.15) is 103 Å². The maximum absolute atomic E-state index is 9.67. The van der Waals surface area contributed by atoms with E-state index in [1.807, 2.05) is 0 Å². The van der Waals surface area contributed by atoms with Crippen molar-refractivity contribution in [1.82, 2.24) is 0 Å². The number of aliphatic hydroxyl groups is 1. The third-order valence-corrected chi connectivity index (χ3v) is 4.80. The van der Waals surface area contributed by atoms with Crippen LogP contribution in [0.2, 0.25) is 0 Å². The lowest BCUT2D eigenvalue weighted by molar-refractivity contribution is 0.123. The predicted octanol–water partition coefficient (Wildman–Crippen LogP) is 6.17. The molecular weight excluding hydrogens is 284 g/mol. The minimum Gasteiger partial charge on any atom is -0.390 e. The fourth-order valence-electron chi connectivity index (χ4n) is 3.06. The molecule has 0 radical (unpaired) electrons. The van der Waals surface area contributed by atoms with Crippen molar-refractivity contribution in [2.45, 2.75) is 115 Å². The van der Waals surface area contributed by atoms with Crippen molar-refractivity contribution in [1.29, 1.82) is 0 Å². The first kappa shape index (κ1) is 20.7. The molecule has 1 rings (SSSR count). The summed E-state index contributed by atoms with van der Waals surface area (Å²) in [5.74, 6) is 0. The first-order valence-corrected chi connectivity index (χ1v) is 10.3. The summed E-state index contributed by atoms with van der Waals surface area (Å²) in [5, 5.41) is 9.67. The second-order valence-corrected chi connectivity index (χ2v) is 7.17. The third kappa shape index (κ3) is 13.8. The first-order chi connectivity index (χ1) is 11.3. The van der Waals surface area contributed by atoms with Crippen molar-refractivity contribution >= 4 is 0 Å². The Balaban J connectivity index is 1.69. The SMILES string of the molecule is CCCCCCCC/C=C\CCCCCCCCC(O)C1CO1. The summed E-state index contributed by atoms with van der Waals surface area (Å²) >= 11 is 0. The molecule has 136 valence electrons. The average molecular weight is 325 g/mol. The molecule has 2 atom stereocenters. The van der Waals surface area contributed by atoms with Crippen LogP contribution < -0.4 is 0 Å². The van der Waals surface area contributed by atoms with Gasteiger partial charge >= 0.3 is 0 Å². The van der Waals surface area contributed by atoms with Gasteiger partial charge in [0.15, 0.2) is 0 Å². The highest BCUT2D eigenvalue weighted by Crippen LogP contribution is 2.19. The molecule has 0 aromatic heterocycles. The quantitative estimate of drug-likeness (QED) is 0.197. The Morgan fingerprint density at radius 1 is 0.826 bits per heavy atom. The minimum atomic E-state index is -0.202. The molecule has 1 aliphatic rings. The number of allylic oxidation sites excluding steroid dienone is 2. The Labute approximate surface area is 144 Å². The molecule has 2 heteroatoms. The van der Waals surface area contributed by atoms with Gasteiger partial charge in [-0.3, -0.25) is 0 Å². The molecule has 0 spiro atoms. The van der Waals surface area contributed by atoms with Crippen LogP contribution in [0.15, 0.2) is 12.2 Å². The van der Waals surface area contributed by atoms with E-state index in [1.54, 1.807) is 0 Å². The number of ether oxygens (including phenoxy) is 1. The van der Waals surface area contributed by atoms with E-state index in [0.29, 0.717) is 0 Å². The van der Waals surface area contributed by atoms with E-state index in [1.165, 1.54) is 83.5 Å². The molecular formula is C21H40O2. The lowest BCUT2D eigenvalue weighted by atomic mass is 10.0. The number of unbranched alkanes of at least 4 members (excludes halogenated alkanes) is 12. The van der Waals surface area contributed by atoms with Gasteiger partial charge in [0.1, 0.15) is 6.10 Å². The molecule has 0 aromatic rings. The van der Waals surface area contributed by atoms with E-state index in [0.717, 1.165) is 19.4 Å². The van der Waals surface area contributed by atoms with Gasteiger partial charge in [0.25, 0.3) is 0 Å². The highest BCUT2D eigenvalue weighted by molar-refractivity contribution is 4.81. The molecule has 2 nitrogen and oxygen atoms in total. The molecule has 1 heterocycles. The van der Waals surface area contributed by atoms with Crippen molar-refractivity contribution in [2.75, 3.05) is 6.61 Å². The molecule has 0 aromatic carbocycles. The fourth-order valence-corrected chi connectivity index (χ4v) is 3.06. The van der Waals surface area contributed by atoms with Crippen LogP contribution >= 0.6 is 0 Å². The molecule has 1 saturated heterocycles. The lowest BCUT2D eigenvalue weighted by Crippen LogP contribution is -2.13. The fraction of sp³-hybridized carbons (Fsp3) is 0.905. The van der Waals surface area contributed by atoms with Gasteiger partial charge in [0.05, 0.1) is 12.7 Å². The molecule has 1 aliphatic heterocycles. The van der Waals surface area contributed by atoms with E-state index in [9.17, 15) is 5.11 Å². The highest BCUT2D eigenvalue weighted by atomic mass is 16.6. The summed E-state index contributed by atoms with van der Waals surface area (Å²) < 4.78 is 5.09. The summed E-state index contributed by atoms with van der Waals surface area (Å²) in [6, 6.07) is 0. The monoisotopic (exact) mass is 324 g/mol. The Morgan fingerprint density at radius 2 is 1.30 bits per heavy atom. The molecule has 0 amide bonds. The Morgan fingerprint density at radius 3 is 1.83 bits per heavy atom. The molecule has 1 N–H and O–H groups in total. The number of hydrogen-bond acceptors (Lipinski definition) is 2. The van der Waals surface area contributed by atoms with E-state index in [-0.39, 0.29) is 12.2 Å². The van der Waals surface area contributed by atoms with E-state index in [2.05, 4.69) is 19.1 Å². The molecule has 1 fully saturated rings. The number of rotatable bonds is 17. The van der Waals surface area contributed by atoms with Gasteiger partial charge in [-0.2, -0.15) is 0 Å². The average Bonchev–Trinajstić information content (AvgIpc) is 3.39. The second kappa shape index (κ2) is 15.2. The maximum Gasteiger partial charge on any atom is 0.107 e. The maximum atomic E-state index is 9.67. The zero-order valence-electron chi connectivity index (χ0n) is 15.5. The van der Waals surface area contributed by atoms with Crippen molar-refractivity contribution in [3.8, 4) is 0 Å². The molecule has 23 heavy (non-hydrogen) atoms. The Kier molecular flexibility index (Phi) is 13.7. The molecule has 2 unspecified atom stereocenters.